The first-order valence-electron chi connectivity index (χ1n) is 6.94. The molecule has 0 aliphatic carbocycles. The van der Waals surface area contributed by atoms with Crippen LogP contribution in [0.3, 0.4) is 0 Å². The number of hydrogen-bond donors (Lipinski definition) is 1. The molecule has 0 radical (unpaired) electrons. The number of aryl methyl sites for hydroxylation is 3. The van der Waals surface area contributed by atoms with E-state index in [2.05, 4.69) is 49.6 Å². The van der Waals surface area contributed by atoms with E-state index in [0.29, 0.717) is 0 Å². The van der Waals surface area contributed by atoms with Crippen LogP contribution in [0.5, 0.6) is 0 Å². The molecule has 3 heteroatoms. The fourth-order valence-electron chi connectivity index (χ4n) is 2.71. The summed E-state index contributed by atoms with van der Waals surface area (Å²) < 4.78 is 2.24. The van der Waals surface area contributed by atoms with Crippen LogP contribution in [0.25, 0.3) is 16.7 Å². The highest BCUT2D eigenvalue weighted by atomic mass is 15.1. The number of aromatic nitrogens is 2. The fourth-order valence-corrected chi connectivity index (χ4v) is 2.71. The molecule has 2 aromatic carbocycles. The van der Waals surface area contributed by atoms with Gasteiger partial charge < -0.3 is 5.73 Å². The lowest BCUT2D eigenvalue weighted by Crippen LogP contribution is -2.02. The summed E-state index contributed by atoms with van der Waals surface area (Å²) in [5.74, 6) is 1.07. The zero-order valence-electron chi connectivity index (χ0n) is 12.1. The normalized spacial score (nSPS) is 11.2. The summed E-state index contributed by atoms with van der Waals surface area (Å²) in [5.41, 5.74) is 12.4. The molecule has 0 atom stereocenters. The van der Waals surface area contributed by atoms with Crippen molar-refractivity contribution in [3.63, 3.8) is 0 Å². The molecule has 3 aromatic rings. The van der Waals surface area contributed by atoms with Crippen LogP contribution in [-0.4, -0.2) is 9.55 Å². The van der Waals surface area contributed by atoms with Crippen LogP contribution in [0.1, 0.15) is 23.9 Å². The molecule has 1 heterocycles. The first kappa shape index (κ1) is 12.7. The van der Waals surface area contributed by atoms with Crippen molar-refractivity contribution < 1.29 is 0 Å². The molecule has 0 saturated heterocycles. The van der Waals surface area contributed by atoms with E-state index >= 15 is 0 Å². The van der Waals surface area contributed by atoms with E-state index in [4.69, 9.17) is 10.7 Å². The molecule has 0 amide bonds. The Balaban J connectivity index is 2.34. The first-order valence-corrected chi connectivity index (χ1v) is 6.94. The molecule has 0 aliphatic rings. The van der Waals surface area contributed by atoms with Crippen LogP contribution in [0, 0.1) is 13.8 Å². The van der Waals surface area contributed by atoms with E-state index in [1.165, 1.54) is 16.8 Å². The molecule has 0 unspecified atom stereocenters. The van der Waals surface area contributed by atoms with Crippen LogP contribution in [0.2, 0.25) is 0 Å². The number of nitrogens with two attached hydrogens (primary N) is 1. The standard InChI is InChI=1S/C17H19N3/c1-4-17-19-14-10-13(18)6-8-16(14)20(17)15-7-5-11(2)9-12(15)3/h5-10H,4,18H2,1-3H3. The third-order valence-corrected chi connectivity index (χ3v) is 3.66. The lowest BCUT2D eigenvalue weighted by molar-refractivity contribution is 0.902. The molecule has 102 valence electrons. The van der Waals surface area contributed by atoms with E-state index in [9.17, 15) is 0 Å². The Kier molecular flexibility index (Phi) is 2.97. The number of rotatable bonds is 2. The van der Waals surface area contributed by atoms with Crippen molar-refractivity contribution >= 4 is 16.7 Å². The third kappa shape index (κ3) is 1.95. The topological polar surface area (TPSA) is 43.8 Å². The Labute approximate surface area is 119 Å². The van der Waals surface area contributed by atoms with E-state index in [0.717, 1.165) is 29.0 Å². The van der Waals surface area contributed by atoms with E-state index in [1.807, 2.05) is 12.1 Å². The van der Waals surface area contributed by atoms with Gasteiger partial charge in [0, 0.05) is 12.1 Å². The summed E-state index contributed by atoms with van der Waals surface area (Å²) in [7, 11) is 0. The molecule has 0 aliphatic heterocycles. The van der Waals surface area contributed by atoms with Crippen molar-refractivity contribution in [2.24, 2.45) is 0 Å². The van der Waals surface area contributed by atoms with Gasteiger partial charge in [-0.15, -0.1) is 0 Å². The van der Waals surface area contributed by atoms with Gasteiger partial charge in [0.1, 0.15) is 5.82 Å². The number of imidazole rings is 1. The van der Waals surface area contributed by atoms with Crippen LogP contribution in [0.4, 0.5) is 5.69 Å². The van der Waals surface area contributed by atoms with Gasteiger partial charge in [-0.1, -0.05) is 24.6 Å². The smallest absolute Gasteiger partial charge is 0.114 e. The highest BCUT2D eigenvalue weighted by molar-refractivity contribution is 5.81. The summed E-state index contributed by atoms with van der Waals surface area (Å²) in [6.45, 7) is 6.39. The SMILES string of the molecule is CCc1nc2cc(N)ccc2n1-c1ccc(C)cc1C. The second kappa shape index (κ2) is 4.67. The molecule has 3 rings (SSSR count). The van der Waals surface area contributed by atoms with Gasteiger partial charge in [-0.05, 0) is 43.7 Å². The quantitative estimate of drug-likeness (QED) is 0.716. The number of fused-ring (bicyclic) bond motifs is 1. The maximum atomic E-state index is 5.86. The maximum absolute atomic E-state index is 5.86. The van der Waals surface area contributed by atoms with Gasteiger partial charge >= 0.3 is 0 Å². The monoisotopic (exact) mass is 265 g/mol. The highest BCUT2D eigenvalue weighted by Crippen LogP contribution is 2.26. The molecular weight excluding hydrogens is 246 g/mol. The summed E-state index contributed by atoms with van der Waals surface area (Å²) in [5, 5.41) is 0. The van der Waals surface area contributed by atoms with Gasteiger partial charge in [0.25, 0.3) is 0 Å². The fraction of sp³-hybridized carbons (Fsp3) is 0.235. The minimum atomic E-state index is 0.755. The largest absolute Gasteiger partial charge is 0.399 e. The Hall–Kier alpha value is -2.29. The average Bonchev–Trinajstić information content (AvgIpc) is 2.76. The molecule has 0 bridgehead atoms. The Morgan fingerprint density at radius 2 is 1.90 bits per heavy atom. The van der Waals surface area contributed by atoms with E-state index < -0.39 is 0 Å². The predicted octanol–water partition coefficient (Wildman–Crippen LogP) is 3.79. The lowest BCUT2D eigenvalue weighted by Gasteiger charge is -2.12. The zero-order chi connectivity index (χ0) is 14.3. The number of nitrogens with zero attached hydrogens (tertiary/aromatic N) is 2. The number of anilines is 1. The molecule has 0 saturated carbocycles. The summed E-state index contributed by atoms with van der Waals surface area (Å²) in [6, 6.07) is 12.4. The Morgan fingerprint density at radius 3 is 2.60 bits per heavy atom. The molecule has 0 spiro atoms. The van der Waals surface area contributed by atoms with Gasteiger partial charge in [0.2, 0.25) is 0 Å². The minimum Gasteiger partial charge on any atom is -0.399 e. The van der Waals surface area contributed by atoms with Gasteiger partial charge in [-0.3, -0.25) is 4.57 Å². The number of nitrogen functional groups attached to an aromatic ring is 1. The van der Waals surface area contributed by atoms with E-state index in [1.54, 1.807) is 0 Å². The summed E-state index contributed by atoms with van der Waals surface area (Å²) in [4.78, 5) is 4.71. The Bertz CT molecular complexity index is 784. The van der Waals surface area contributed by atoms with Crippen molar-refractivity contribution in [2.45, 2.75) is 27.2 Å². The molecule has 20 heavy (non-hydrogen) atoms. The summed E-state index contributed by atoms with van der Waals surface area (Å²) >= 11 is 0. The number of hydrogen-bond acceptors (Lipinski definition) is 2. The van der Waals surface area contributed by atoms with Crippen molar-refractivity contribution in [1.29, 1.82) is 0 Å². The average molecular weight is 265 g/mol. The van der Waals surface area contributed by atoms with Crippen molar-refractivity contribution in [2.75, 3.05) is 5.73 Å². The third-order valence-electron chi connectivity index (χ3n) is 3.66. The second-order valence-electron chi connectivity index (χ2n) is 5.26. The van der Waals surface area contributed by atoms with Gasteiger partial charge in [-0.2, -0.15) is 0 Å². The second-order valence-corrected chi connectivity index (χ2v) is 5.26. The van der Waals surface area contributed by atoms with Crippen LogP contribution >= 0.6 is 0 Å². The van der Waals surface area contributed by atoms with Crippen LogP contribution in [-0.2, 0) is 6.42 Å². The van der Waals surface area contributed by atoms with Crippen LogP contribution in [0.15, 0.2) is 36.4 Å². The van der Waals surface area contributed by atoms with Crippen molar-refractivity contribution in [3.8, 4) is 5.69 Å². The van der Waals surface area contributed by atoms with Crippen molar-refractivity contribution in [1.82, 2.24) is 9.55 Å². The molecule has 2 N–H and O–H groups in total. The lowest BCUT2D eigenvalue weighted by atomic mass is 10.1. The van der Waals surface area contributed by atoms with Crippen LogP contribution < -0.4 is 5.73 Å². The Morgan fingerprint density at radius 1 is 1.10 bits per heavy atom. The first-order chi connectivity index (χ1) is 9.60. The predicted molar refractivity (Wildman–Crippen MR) is 84.3 cm³/mol. The van der Waals surface area contributed by atoms with Gasteiger partial charge in [0.05, 0.1) is 16.7 Å². The molecular formula is C17H19N3. The molecule has 1 aromatic heterocycles. The molecule has 0 fully saturated rings. The number of benzene rings is 2. The van der Waals surface area contributed by atoms with E-state index in [-0.39, 0.29) is 0 Å². The minimum absolute atomic E-state index is 0.755. The maximum Gasteiger partial charge on any atom is 0.114 e. The van der Waals surface area contributed by atoms with Crippen molar-refractivity contribution in [3.05, 3.63) is 53.3 Å². The summed E-state index contributed by atoms with van der Waals surface area (Å²) in [6.07, 6.45) is 0.891. The molecule has 3 nitrogen and oxygen atoms in total. The van der Waals surface area contributed by atoms with Gasteiger partial charge in [0.15, 0.2) is 0 Å². The van der Waals surface area contributed by atoms with Gasteiger partial charge in [-0.25, -0.2) is 4.98 Å². The zero-order valence-corrected chi connectivity index (χ0v) is 12.1. The highest BCUT2D eigenvalue weighted by Gasteiger charge is 2.12.